The topological polar surface area (TPSA) is 50.2 Å². The fourth-order valence-electron chi connectivity index (χ4n) is 3.39. The molecule has 0 atom stereocenters. The van der Waals surface area contributed by atoms with Gasteiger partial charge in [-0.05, 0) is 44.9 Å². The number of hydrazone groups is 1. The predicted octanol–water partition coefficient (Wildman–Crippen LogP) is 7.61. The quantitative estimate of drug-likeness (QED) is 0.195. The van der Waals surface area contributed by atoms with Crippen molar-refractivity contribution in [2.24, 2.45) is 11.0 Å². The van der Waals surface area contributed by atoms with Gasteiger partial charge in [-0.3, -0.25) is 5.43 Å². The van der Waals surface area contributed by atoms with Crippen LogP contribution in [0.1, 0.15) is 127 Å². The van der Waals surface area contributed by atoms with Crippen LogP contribution in [0.2, 0.25) is 0 Å². The molecule has 0 unspecified atom stereocenters. The monoisotopic (exact) mass is 438 g/mol. The third-order valence-corrected chi connectivity index (χ3v) is 6.77. The first-order valence-corrected chi connectivity index (χ1v) is 13.0. The molecule has 4 nitrogen and oxygen atoms in total. The summed E-state index contributed by atoms with van der Waals surface area (Å²) in [6.07, 6.45) is 15.2. The number of rotatable bonds is 13. The minimum Gasteiger partial charge on any atom is -0.272 e. The minimum absolute atomic E-state index is 0.508. The lowest BCUT2D eigenvalue weighted by Gasteiger charge is -2.15. The van der Waals surface area contributed by atoms with Crippen molar-refractivity contribution in [3.63, 3.8) is 0 Å². The summed E-state index contributed by atoms with van der Waals surface area (Å²) in [7, 11) is 0. The van der Waals surface area contributed by atoms with Crippen molar-refractivity contribution >= 4 is 34.8 Å². The molecule has 0 aromatic carbocycles. The highest BCUT2D eigenvalue weighted by Crippen LogP contribution is 2.42. The van der Waals surface area contributed by atoms with Crippen LogP contribution in [-0.4, -0.2) is 21.4 Å². The van der Waals surface area contributed by atoms with Crippen LogP contribution in [0.15, 0.2) is 5.10 Å². The van der Waals surface area contributed by atoms with Crippen LogP contribution < -0.4 is 5.43 Å². The lowest BCUT2D eigenvalue weighted by Crippen LogP contribution is -2.24. The summed E-state index contributed by atoms with van der Waals surface area (Å²) in [4.78, 5) is 0.901. The van der Waals surface area contributed by atoms with Crippen LogP contribution in [0, 0.1) is 5.92 Å². The van der Waals surface area contributed by atoms with E-state index in [0.717, 1.165) is 17.3 Å². The molecule has 0 bridgehead atoms. The summed E-state index contributed by atoms with van der Waals surface area (Å²) in [6, 6.07) is 0. The summed E-state index contributed by atoms with van der Waals surface area (Å²) >= 11 is 7.16. The van der Waals surface area contributed by atoms with Crippen LogP contribution in [-0.2, 0) is 0 Å². The Morgan fingerprint density at radius 1 is 1.03 bits per heavy atom. The fraction of sp³-hybridized carbons (Fsp3) is 0.826. The largest absolute Gasteiger partial charge is 0.272 e. The second kappa shape index (κ2) is 15.9. The number of hydrogen-bond donors (Lipinski definition) is 1. The molecule has 6 heteroatoms. The van der Waals surface area contributed by atoms with Crippen LogP contribution >= 0.6 is 23.6 Å². The highest BCUT2D eigenvalue weighted by Gasteiger charge is 2.28. The van der Waals surface area contributed by atoms with Gasteiger partial charge >= 0.3 is 0 Å². The molecule has 1 heterocycles. The van der Waals surface area contributed by atoms with Gasteiger partial charge in [0.05, 0.1) is 4.99 Å². The van der Waals surface area contributed by atoms with Crippen molar-refractivity contribution in [2.45, 2.75) is 117 Å². The number of aromatic nitrogens is 2. The molecule has 2 rings (SSSR count). The number of hydrogen-bond acceptors (Lipinski definition) is 5. The summed E-state index contributed by atoms with van der Waals surface area (Å²) in [5.41, 5.74) is 2.95. The molecule has 0 radical (unpaired) electrons. The van der Waals surface area contributed by atoms with E-state index in [0.29, 0.717) is 11.8 Å². The molecule has 1 saturated carbocycles. The second-order valence-corrected chi connectivity index (χ2v) is 9.48. The highest BCUT2D eigenvalue weighted by molar-refractivity contribution is 7.80. The molecule has 1 fully saturated rings. The van der Waals surface area contributed by atoms with Crippen LogP contribution in [0.4, 0.5) is 0 Å². The summed E-state index contributed by atoms with van der Waals surface area (Å²) in [6.45, 7) is 11.0. The smallest absolute Gasteiger partial charge is 0.120 e. The average Bonchev–Trinajstić information content (AvgIpc) is 3.45. The lowest BCUT2D eigenvalue weighted by molar-refractivity contribution is 0.552. The van der Waals surface area contributed by atoms with E-state index in [-0.39, 0.29) is 0 Å². The van der Waals surface area contributed by atoms with E-state index in [1.54, 1.807) is 0 Å². The van der Waals surface area contributed by atoms with Crippen molar-refractivity contribution in [1.29, 1.82) is 0 Å². The Kier molecular flexibility index (Phi) is 14.3. The maximum Gasteiger partial charge on any atom is 0.120 e. The Morgan fingerprint density at radius 2 is 1.62 bits per heavy atom. The van der Waals surface area contributed by atoms with E-state index in [1.807, 2.05) is 17.6 Å². The number of nitrogens with zero attached hydrogens (tertiary/aromatic N) is 3. The molecule has 0 aliphatic heterocycles. The maximum absolute atomic E-state index is 5.29. The first kappa shape index (κ1) is 26.2. The molecule has 166 valence electrons. The number of thiocarbonyl (C=S) groups is 1. The van der Waals surface area contributed by atoms with E-state index < -0.39 is 0 Å². The van der Waals surface area contributed by atoms with Gasteiger partial charge in [0.2, 0.25) is 0 Å². The van der Waals surface area contributed by atoms with E-state index in [9.17, 15) is 0 Å². The molecule has 0 spiro atoms. The van der Waals surface area contributed by atoms with Gasteiger partial charge in [-0.2, -0.15) is 5.10 Å². The fourth-order valence-corrected chi connectivity index (χ4v) is 4.86. The highest BCUT2D eigenvalue weighted by atomic mass is 32.1. The van der Waals surface area contributed by atoms with Crippen LogP contribution in [0.5, 0.6) is 0 Å². The summed E-state index contributed by atoms with van der Waals surface area (Å²) in [5.74, 6) is 1.94. The Hall–Kier alpha value is -0.880. The minimum atomic E-state index is 0.508. The molecule has 29 heavy (non-hydrogen) atoms. The first-order valence-electron chi connectivity index (χ1n) is 11.8. The van der Waals surface area contributed by atoms with Crippen molar-refractivity contribution < 1.29 is 0 Å². The Morgan fingerprint density at radius 3 is 2.10 bits per heavy atom. The first-order chi connectivity index (χ1) is 14.1. The van der Waals surface area contributed by atoms with E-state index in [4.69, 9.17) is 12.2 Å². The van der Waals surface area contributed by atoms with E-state index in [2.05, 4.69) is 55.3 Å². The molecule has 1 aliphatic carbocycles. The van der Waals surface area contributed by atoms with Crippen LogP contribution in [0.25, 0.3) is 0 Å². The molecule has 1 aromatic heterocycles. The third kappa shape index (κ3) is 10.6. The van der Waals surface area contributed by atoms with Crippen LogP contribution in [0.3, 0.4) is 0 Å². The van der Waals surface area contributed by atoms with Crippen molar-refractivity contribution in [3.05, 3.63) is 10.0 Å². The zero-order valence-corrected chi connectivity index (χ0v) is 20.9. The standard InChI is InChI=1S/C12H20N2S.C11H22N2S/c1-3-5-9(6-4-2)11-13-14-12(15-11)10-7-8-10;1-4-7-10(8-5-2)11(14)13-12-9-6-3/h9-10H,3-8H2,1-2H3;9-10H,4-8H2,1-3H3,(H,13,14)/b;12-9+. The van der Waals surface area contributed by atoms with Crippen molar-refractivity contribution in [2.75, 3.05) is 0 Å². The Labute approximate surface area is 188 Å². The average molecular weight is 439 g/mol. The van der Waals surface area contributed by atoms with Gasteiger partial charge in [0.25, 0.3) is 0 Å². The lowest BCUT2D eigenvalue weighted by atomic mass is 9.98. The van der Waals surface area contributed by atoms with Gasteiger partial charge < -0.3 is 0 Å². The molecular weight excluding hydrogens is 396 g/mol. The molecule has 1 aromatic rings. The molecular formula is C23H42N4S2. The van der Waals surface area contributed by atoms with Crippen molar-refractivity contribution in [3.8, 4) is 0 Å². The molecule has 0 saturated heterocycles. The molecule has 0 amide bonds. The maximum atomic E-state index is 5.29. The summed E-state index contributed by atoms with van der Waals surface area (Å²) in [5, 5.41) is 15.4. The van der Waals surface area contributed by atoms with E-state index >= 15 is 0 Å². The van der Waals surface area contributed by atoms with Gasteiger partial charge in [-0.25, -0.2) is 0 Å². The van der Waals surface area contributed by atoms with Gasteiger partial charge in [-0.1, -0.05) is 72.5 Å². The third-order valence-electron chi connectivity index (χ3n) is 5.10. The second-order valence-electron chi connectivity index (χ2n) is 8.00. The molecule has 1 aliphatic rings. The van der Waals surface area contributed by atoms with E-state index in [1.165, 1.54) is 74.2 Å². The van der Waals surface area contributed by atoms with Crippen molar-refractivity contribution in [1.82, 2.24) is 15.6 Å². The van der Waals surface area contributed by atoms with Gasteiger partial charge in [0.15, 0.2) is 0 Å². The Balaban J connectivity index is 0.000000291. The zero-order chi connectivity index (χ0) is 21.5. The van der Waals surface area contributed by atoms with Gasteiger partial charge in [0, 0.05) is 24.0 Å². The normalized spacial score (nSPS) is 13.8. The number of nitrogens with one attached hydrogen (secondary N) is 1. The molecule has 1 N–H and O–H groups in total. The predicted molar refractivity (Wildman–Crippen MR) is 132 cm³/mol. The Bertz CT molecular complexity index is 569. The van der Waals surface area contributed by atoms with Gasteiger partial charge in [-0.15, -0.1) is 21.5 Å². The zero-order valence-electron chi connectivity index (χ0n) is 19.2. The SMILES string of the molecule is CC/C=N/NC(=S)C(CCC)CCC.CCCC(CCC)c1nnc(C2CC2)s1. The van der Waals surface area contributed by atoms with Gasteiger partial charge in [0.1, 0.15) is 10.0 Å². The summed E-state index contributed by atoms with van der Waals surface area (Å²) < 4.78 is 0.